The van der Waals surface area contributed by atoms with Gasteiger partial charge in [0.25, 0.3) is 0 Å². The Kier molecular flexibility index (Phi) is 9.15. The van der Waals surface area contributed by atoms with Crippen molar-refractivity contribution in [1.29, 1.82) is 0 Å². The second-order valence-corrected chi connectivity index (χ2v) is 7.34. The van der Waals surface area contributed by atoms with Crippen LogP contribution in [-0.4, -0.2) is 29.4 Å². The van der Waals surface area contributed by atoms with Gasteiger partial charge in [-0.1, -0.05) is 63.6 Å². The van der Waals surface area contributed by atoms with E-state index in [1.807, 2.05) is 56.3 Å². The summed E-state index contributed by atoms with van der Waals surface area (Å²) < 4.78 is 5.72. The molecule has 1 aromatic heterocycles. The zero-order valence-electron chi connectivity index (χ0n) is 17.5. The number of unbranched alkanes of at least 4 members (excludes halogenated alkanes) is 1. The Morgan fingerprint density at radius 1 is 1.10 bits per heavy atom. The number of hydrogen-bond donors (Lipinski definition) is 2. The van der Waals surface area contributed by atoms with Gasteiger partial charge in [-0.25, -0.2) is 4.98 Å². The van der Waals surface area contributed by atoms with Crippen LogP contribution >= 0.6 is 0 Å². The minimum Gasteiger partial charge on any atom is -0.477 e. The Bertz CT molecular complexity index is 778. The average Bonchev–Trinajstić information content (AvgIpc) is 2.72. The monoisotopic (exact) mass is 397 g/mol. The van der Waals surface area contributed by atoms with Gasteiger partial charge in [0, 0.05) is 18.3 Å². The first-order chi connectivity index (χ1) is 14.0. The van der Waals surface area contributed by atoms with Gasteiger partial charge in [-0.3, -0.25) is 9.59 Å². The predicted octanol–water partition coefficient (Wildman–Crippen LogP) is 3.26. The highest BCUT2D eigenvalue weighted by Gasteiger charge is 2.24. The minimum atomic E-state index is -0.604. The number of carbonyl (C=O) groups excluding carboxylic acids is 2. The number of hydrogen-bond acceptors (Lipinski definition) is 4. The number of rotatable bonds is 11. The summed E-state index contributed by atoms with van der Waals surface area (Å²) in [5.74, 6) is 0.110. The van der Waals surface area contributed by atoms with E-state index >= 15 is 0 Å². The molecule has 0 saturated heterocycles. The molecule has 2 N–H and O–H groups in total. The largest absolute Gasteiger partial charge is 0.477 e. The first-order valence-corrected chi connectivity index (χ1v) is 10.2. The van der Waals surface area contributed by atoms with Crippen molar-refractivity contribution in [2.24, 2.45) is 5.92 Å². The Balaban J connectivity index is 1.93. The summed E-state index contributed by atoms with van der Waals surface area (Å²) in [7, 11) is 0. The van der Waals surface area contributed by atoms with Crippen molar-refractivity contribution in [3.05, 3.63) is 59.8 Å². The highest BCUT2D eigenvalue weighted by Crippen LogP contribution is 2.15. The van der Waals surface area contributed by atoms with Gasteiger partial charge >= 0.3 is 0 Å². The van der Waals surface area contributed by atoms with Crippen molar-refractivity contribution in [2.45, 2.75) is 52.6 Å². The maximum Gasteiger partial charge on any atom is 0.243 e. The number of carbonyl (C=O) groups is 2. The van der Waals surface area contributed by atoms with E-state index in [0.717, 1.165) is 24.0 Å². The Morgan fingerprint density at radius 3 is 2.55 bits per heavy atom. The molecule has 0 saturated carbocycles. The first-order valence-electron chi connectivity index (χ1n) is 10.2. The SMILES string of the molecule is CCCCOc1ncccc1CNC(=O)C(NC(=O)Cc1ccccc1)C(C)C. The van der Waals surface area contributed by atoms with E-state index in [4.69, 9.17) is 4.74 Å². The maximum atomic E-state index is 12.7. The average molecular weight is 398 g/mol. The van der Waals surface area contributed by atoms with Gasteiger partial charge in [-0.2, -0.15) is 0 Å². The highest BCUT2D eigenvalue weighted by molar-refractivity contribution is 5.88. The van der Waals surface area contributed by atoms with Gasteiger partial charge in [0.05, 0.1) is 13.0 Å². The molecule has 1 atom stereocenters. The molecule has 0 spiro atoms. The molecule has 0 radical (unpaired) electrons. The molecule has 0 aliphatic heterocycles. The van der Waals surface area contributed by atoms with Crippen molar-refractivity contribution in [2.75, 3.05) is 6.61 Å². The van der Waals surface area contributed by atoms with Crippen LogP contribution in [-0.2, 0) is 22.6 Å². The van der Waals surface area contributed by atoms with E-state index in [2.05, 4.69) is 22.5 Å². The second kappa shape index (κ2) is 11.8. The third-order valence-corrected chi connectivity index (χ3v) is 4.51. The first kappa shape index (κ1) is 22.4. The van der Waals surface area contributed by atoms with E-state index in [9.17, 15) is 9.59 Å². The molecular formula is C23H31N3O3. The molecule has 0 aliphatic carbocycles. The van der Waals surface area contributed by atoms with Gasteiger partial charge in [0.15, 0.2) is 0 Å². The van der Waals surface area contributed by atoms with Crippen LogP contribution in [0.4, 0.5) is 0 Å². The quantitative estimate of drug-likeness (QED) is 0.571. The van der Waals surface area contributed by atoms with Crippen molar-refractivity contribution in [3.8, 4) is 5.88 Å². The van der Waals surface area contributed by atoms with E-state index < -0.39 is 6.04 Å². The molecule has 1 aromatic carbocycles. The van der Waals surface area contributed by atoms with Crippen LogP contribution in [0, 0.1) is 5.92 Å². The fourth-order valence-electron chi connectivity index (χ4n) is 2.83. The summed E-state index contributed by atoms with van der Waals surface area (Å²) >= 11 is 0. The van der Waals surface area contributed by atoms with Crippen molar-refractivity contribution in [1.82, 2.24) is 15.6 Å². The molecule has 1 heterocycles. The lowest BCUT2D eigenvalue weighted by Gasteiger charge is -2.22. The standard InChI is InChI=1S/C23H31N3O3/c1-4-5-14-29-23-19(12-9-13-24-23)16-25-22(28)21(17(2)3)26-20(27)15-18-10-7-6-8-11-18/h6-13,17,21H,4-5,14-16H2,1-3H3,(H,25,28)(H,26,27). The summed E-state index contributed by atoms with van der Waals surface area (Å²) in [5, 5.41) is 5.77. The number of benzene rings is 1. The summed E-state index contributed by atoms with van der Waals surface area (Å²) in [6.07, 6.45) is 3.91. The number of ether oxygens (including phenoxy) is 1. The van der Waals surface area contributed by atoms with Crippen molar-refractivity contribution >= 4 is 11.8 Å². The number of nitrogens with one attached hydrogen (secondary N) is 2. The Morgan fingerprint density at radius 2 is 1.86 bits per heavy atom. The Labute approximate surface area is 173 Å². The maximum absolute atomic E-state index is 12.7. The van der Waals surface area contributed by atoms with Crippen LogP contribution in [0.25, 0.3) is 0 Å². The van der Waals surface area contributed by atoms with Gasteiger partial charge in [0.1, 0.15) is 6.04 Å². The number of aromatic nitrogens is 1. The molecule has 0 aliphatic rings. The van der Waals surface area contributed by atoms with Crippen LogP contribution in [0.1, 0.15) is 44.7 Å². The summed E-state index contributed by atoms with van der Waals surface area (Å²) in [5.41, 5.74) is 1.73. The van der Waals surface area contributed by atoms with E-state index in [1.165, 1.54) is 0 Å². The van der Waals surface area contributed by atoms with Crippen LogP contribution < -0.4 is 15.4 Å². The molecule has 156 valence electrons. The molecule has 2 amide bonds. The van der Waals surface area contributed by atoms with E-state index in [-0.39, 0.29) is 24.2 Å². The molecule has 0 bridgehead atoms. The third kappa shape index (κ3) is 7.56. The normalized spacial score (nSPS) is 11.7. The molecule has 1 unspecified atom stereocenters. The van der Waals surface area contributed by atoms with E-state index in [1.54, 1.807) is 6.20 Å². The number of pyridine rings is 1. The molecular weight excluding hydrogens is 366 g/mol. The second-order valence-electron chi connectivity index (χ2n) is 7.34. The molecule has 6 heteroatoms. The zero-order chi connectivity index (χ0) is 21.1. The highest BCUT2D eigenvalue weighted by atomic mass is 16.5. The molecule has 2 aromatic rings. The lowest BCUT2D eigenvalue weighted by molar-refractivity contribution is -0.129. The molecule has 0 fully saturated rings. The van der Waals surface area contributed by atoms with Crippen LogP contribution in [0.15, 0.2) is 48.7 Å². The zero-order valence-corrected chi connectivity index (χ0v) is 17.5. The fraction of sp³-hybridized carbons (Fsp3) is 0.435. The Hall–Kier alpha value is -2.89. The summed E-state index contributed by atoms with van der Waals surface area (Å²) in [4.78, 5) is 29.4. The van der Waals surface area contributed by atoms with Crippen LogP contribution in [0.2, 0.25) is 0 Å². The third-order valence-electron chi connectivity index (χ3n) is 4.51. The van der Waals surface area contributed by atoms with Crippen molar-refractivity contribution < 1.29 is 14.3 Å². The fourth-order valence-corrected chi connectivity index (χ4v) is 2.83. The van der Waals surface area contributed by atoms with Crippen molar-refractivity contribution in [3.63, 3.8) is 0 Å². The molecule has 29 heavy (non-hydrogen) atoms. The lowest BCUT2D eigenvalue weighted by atomic mass is 10.0. The number of nitrogens with zero attached hydrogens (tertiary/aromatic N) is 1. The van der Waals surface area contributed by atoms with Gasteiger partial charge in [-0.15, -0.1) is 0 Å². The molecule has 2 rings (SSSR count). The predicted molar refractivity (Wildman–Crippen MR) is 113 cm³/mol. The summed E-state index contributed by atoms with van der Waals surface area (Å²) in [6, 6.07) is 12.6. The van der Waals surface area contributed by atoms with Gasteiger partial charge in [-0.05, 0) is 24.0 Å². The minimum absolute atomic E-state index is 0.0381. The van der Waals surface area contributed by atoms with Gasteiger partial charge in [0.2, 0.25) is 17.7 Å². The van der Waals surface area contributed by atoms with Crippen LogP contribution in [0.5, 0.6) is 5.88 Å². The topological polar surface area (TPSA) is 80.3 Å². The van der Waals surface area contributed by atoms with Crippen LogP contribution in [0.3, 0.4) is 0 Å². The molecule has 6 nitrogen and oxygen atoms in total. The number of amides is 2. The van der Waals surface area contributed by atoms with E-state index in [0.29, 0.717) is 19.0 Å². The van der Waals surface area contributed by atoms with Gasteiger partial charge < -0.3 is 15.4 Å². The summed E-state index contributed by atoms with van der Waals surface area (Å²) in [6.45, 7) is 6.82. The smallest absolute Gasteiger partial charge is 0.243 e. The lowest BCUT2D eigenvalue weighted by Crippen LogP contribution is -2.49.